The summed E-state index contributed by atoms with van der Waals surface area (Å²) in [4.78, 5) is 26.6. The van der Waals surface area contributed by atoms with Crippen LogP contribution in [-0.4, -0.2) is 35.6 Å². The van der Waals surface area contributed by atoms with E-state index < -0.39 is 18.4 Å². The van der Waals surface area contributed by atoms with Gasteiger partial charge in [0.25, 0.3) is 5.91 Å². The monoisotopic (exact) mass is 420 g/mol. The first kappa shape index (κ1) is 15.8. The van der Waals surface area contributed by atoms with Gasteiger partial charge < -0.3 is 15.2 Å². The molecule has 0 radical (unpaired) electrons. The Kier molecular flexibility index (Phi) is 4.84. The Morgan fingerprint density at radius 2 is 2.19 bits per heavy atom. The van der Waals surface area contributed by atoms with E-state index in [0.717, 1.165) is 3.57 Å². The molecule has 0 unspecified atom stereocenters. The zero-order valence-corrected chi connectivity index (χ0v) is 13.7. The van der Waals surface area contributed by atoms with Gasteiger partial charge >= 0.3 is 5.97 Å². The number of benzene rings is 1. The Morgan fingerprint density at radius 3 is 2.81 bits per heavy atom. The van der Waals surface area contributed by atoms with E-state index in [1.165, 1.54) is 7.11 Å². The fourth-order valence-electron chi connectivity index (χ4n) is 1.85. The highest BCUT2D eigenvalue weighted by Gasteiger charge is 2.21. The Morgan fingerprint density at radius 1 is 1.48 bits per heavy atom. The number of aromatic nitrogens is 1. The number of hydrogen-bond acceptors (Lipinski definition) is 4. The fourth-order valence-corrected chi connectivity index (χ4v) is 2.83. The highest BCUT2D eigenvalue weighted by molar-refractivity contribution is 14.1. The maximum Gasteiger partial charge on any atom is 0.322 e. The van der Waals surface area contributed by atoms with Gasteiger partial charge in [0.15, 0.2) is 11.4 Å². The molecule has 1 aromatic carbocycles. The van der Waals surface area contributed by atoms with Crippen molar-refractivity contribution < 1.29 is 19.4 Å². The van der Waals surface area contributed by atoms with Crippen LogP contribution in [-0.2, 0) is 4.79 Å². The van der Waals surface area contributed by atoms with Gasteiger partial charge in [0.2, 0.25) is 0 Å². The maximum absolute atomic E-state index is 12.1. The topological polar surface area (TPSA) is 88.5 Å². The molecular formula is C13H10ClIN2O4. The number of pyridine rings is 1. The van der Waals surface area contributed by atoms with Gasteiger partial charge in [0, 0.05) is 14.3 Å². The summed E-state index contributed by atoms with van der Waals surface area (Å²) in [5, 5.41) is 12.3. The van der Waals surface area contributed by atoms with Gasteiger partial charge in [-0.2, -0.15) is 0 Å². The number of hydrogen-bond donors (Lipinski definition) is 2. The van der Waals surface area contributed by atoms with Gasteiger partial charge in [0.05, 0.1) is 7.11 Å². The number of aliphatic carboxylic acids is 1. The second-order valence-corrected chi connectivity index (χ2v) is 5.54. The molecule has 0 spiro atoms. The third-order valence-corrected chi connectivity index (χ3v) is 3.89. The summed E-state index contributed by atoms with van der Waals surface area (Å²) in [5.74, 6) is -1.54. The molecule has 0 aliphatic rings. The van der Waals surface area contributed by atoms with Crippen LogP contribution in [0.3, 0.4) is 0 Å². The van der Waals surface area contributed by atoms with Gasteiger partial charge in [-0.05, 0) is 28.7 Å². The number of nitrogens with one attached hydrogen (secondary N) is 1. The number of methoxy groups -OCH3 is 1. The summed E-state index contributed by atoms with van der Waals surface area (Å²) >= 11 is 8.21. The molecule has 0 bridgehead atoms. The molecule has 2 N–H and O–H groups in total. The molecule has 6 nitrogen and oxygen atoms in total. The molecule has 1 aromatic heterocycles. The van der Waals surface area contributed by atoms with Crippen molar-refractivity contribution in [1.82, 2.24) is 10.3 Å². The van der Waals surface area contributed by atoms with E-state index in [9.17, 15) is 9.59 Å². The highest BCUT2D eigenvalue weighted by Crippen LogP contribution is 2.35. The molecule has 2 aromatic rings. The number of amides is 1. The largest absolute Gasteiger partial charge is 0.494 e. The van der Waals surface area contributed by atoms with Crippen LogP contribution in [0.15, 0.2) is 18.2 Å². The Labute approximate surface area is 138 Å². The SMILES string of the molecule is COc1c(C(=O)NCC(=O)O)nc(Cl)c2cccc(I)c12. The van der Waals surface area contributed by atoms with Gasteiger partial charge in [0.1, 0.15) is 11.7 Å². The van der Waals surface area contributed by atoms with Crippen LogP contribution in [0, 0.1) is 3.57 Å². The van der Waals surface area contributed by atoms with E-state index in [1.54, 1.807) is 6.07 Å². The predicted molar refractivity (Wildman–Crippen MR) is 86.0 cm³/mol. The molecule has 1 amide bonds. The minimum absolute atomic E-state index is 0.0413. The number of ether oxygens (including phenoxy) is 1. The van der Waals surface area contributed by atoms with E-state index >= 15 is 0 Å². The number of halogens is 2. The highest BCUT2D eigenvalue weighted by atomic mass is 127. The smallest absolute Gasteiger partial charge is 0.322 e. The van der Waals surface area contributed by atoms with Crippen molar-refractivity contribution in [3.05, 3.63) is 32.6 Å². The normalized spacial score (nSPS) is 10.4. The first-order valence-corrected chi connectivity index (χ1v) is 7.23. The average Bonchev–Trinajstić information content (AvgIpc) is 2.45. The van der Waals surface area contributed by atoms with Crippen molar-refractivity contribution >= 4 is 56.8 Å². The fraction of sp³-hybridized carbons (Fsp3) is 0.154. The van der Waals surface area contributed by atoms with Crippen molar-refractivity contribution in [1.29, 1.82) is 0 Å². The quantitative estimate of drug-likeness (QED) is 0.585. The van der Waals surface area contributed by atoms with Crippen molar-refractivity contribution in [3.8, 4) is 5.75 Å². The van der Waals surface area contributed by atoms with Gasteiger partial charge in [-0.1, -0.05) is 23.7 Å². The Balaban J connectivity index is 2.61. The van der Waals surface area contributed by atoms with Gasteiger partial charge in [-0.25, -0.2) is 4.98 Å². The molecule has 0 saturated heterocycles. The lowest BCUT2D eigenvalue weighted by molar-refractivity contribution is -0.135. The summed E-state index contributed by atoms with van der Waals surface area (Å²) in [6.07, 6.45) is 0. The lowest BCUT2D eigenvalue weighted by Gasteiger charge is -2.13. The minimum Gasteiger partial charge on any atom is -0.494 e. The number of nitrogens with zero attached hydrogens (tertiary/aromatic N) is 1. The van der Waals surface area contributed by atoms with Crippen LogP contribution in [0.25, 0.3) is 10.8 Å². The zero-order valence-electron chi connectivity index (χ0n) is 10.8. The van der Waals surface area contributed by atoms with Crippen molar-refractivity contribution in [3.63, 3.8) is 0 Å². The predicted octanol–water partition coefficient (Wildman–Crippen LogP) is 2.32. The standard InChI is InChI=1S/C13H10ClIN2O4/c1-21-11-9-6(3-2-4-7(9)15)12(14)17-10(11)13(20)16-5-8(18)19/h2-4H,5H2,1H3,(H,16,20)(H,18,19). The van der Waals surface area contributed by atoms with E-state index in [1.807, 2.05) is 12.1 Å². The van der Waals surface area contributed by atoms with E-state index in [2.05, 4.69) is 32.9 Å². The number of carbonyl (C=O) groups is 2. The van der Waals surface area contributed by atoms with E-state index in [-0.39, 0.29) is 16.6 Å². The molecule has 2 rings (SSSR count). The van der Waals surface area contributed by atoms with Gasteiger partial charge in [-0.3, -0.25) is 9.59 Å². The third kappa shape index (κ3) is 3.18. The van der Waals surface area contributed by atoms with Crippen molar-refractivity contribution in [2.45, 2.75) is 0 Å². The molecule has 0 atom stereocenters. The molecule has 8 heteroatoms. The number of carboxylic acids is 1. The maximum atomic E-state index is 12.1. The summed E-state index contributed by atoms with van der Waals surface area (Å²) in [7, 11) is 1.42. The summed E-state index contributed by atoms with van der Waals surface area (Å²) in [5.41, 5.74) is -0.0413. The average molecular weight is 421 g/mol. The molecule has 1 heterocycles. The Bertz CT molecular complexity index is 736. The number of carboxylic acid groups (broad SMARTS) is 1. The molecule has 0 aliphatic heterocycles. The number of fused-ring (bicyclic) bond motifs is 1. The van der Waals surface area contributed by atoms with Crippen LogP contribution >= 0.6 is 34.2 Å². The molecule has 110 valence electrons. The lowest BCUT2D eigenvalue weighted by atomic mass is 10.1. The van der Waals surface area contributed by atoms with Crippen LogP contribution in [0.2, 0.25) is 5.15 Å². The number of carbonyl (C=O) groups excluding carboxylic acids is 1. The molecule has 0 saturated carbocycles. The van der Waals surface area contributed by atoms with E-state index in [0.29, 0.717) is 10.8 Å². The van der Waals surface area contributed by atoms with Crippen LogP contribution < -0.4 is 10.1 Å². The summed E-state index contributed by atoms with van der Waals surface area (Å²) in [6.45, 7) is -0.509. The van der Waals surface area contributed by atoms with Crippen LogP contribution in [0.5, 0.6) is 5.75 Å². The summed E-state index contributed by atoms with van der Waals surface area (Å²) in [6, 6.07) is 5.44. The molecule has 21 heavy (non-hydrogen) atoms. The molecular weight excluding hydrogens is 411 g/mol. The molecule has 0 fully saturated rings. The summed E-state index contributed by atoms with van der Waals surface area (Å²) < 4.78 is 6.13. The molecule has 0 aliphatic carbocycles. The van der Waals surface area contributed by atoms with Crippen molar-refractivity contribution in [2.24, 2.45) is 0 Å². The minimum atomic E-state index is -1.15. The lowest BCUT2D eigenvalue weighted by Crippen LogP contribution is -2.30. The first-order valence-electron chi connectivity index (χ1n) is 5.77. The second kappa shape index (κ2) is 6.44. The van der Waals surface area contributed by atoms with Crippen LogP contribution in [0.4, 0.5) is 0 Å². The third-order valence-electron chi connectivity index (χ3n) is 2.71. The van der Waals surface area contributed by atoms with Crippen LogP contribution in [0.1, 0.15) is 10.5 Å². The van der Waals surface area contributed by atoms with Gasteiger partial charge in [-0.15, -0.1) is 0 Å². The second-order valence-electron chi connectivity index (χ2n) is 4.02. The Hall–Kier alpha value is -1.61. The first-order chi connectivity index (χ1) is 9.95. The van der Waals surface area contributed by atoms with Crippen molar-refractivity contribution in [2.75, 3.05) is 13.7 Å². The van der Waals surface area contributed by atoms with E-state index in [4.69, 9.17) is 21.4 Å². The number of rotatable bonds is 4. The zero-order chi connectivity index (χ0) is 15.6.